The summed E-state index contributed by atoms with van der Waals surface area (Å²) in [6.45, 7) is 1.68. The molecule has 1 heterocycles. The molecule has 0 fully saturated rings. The summed E-state index contributed by atoms with van der Waals surface area (Å²) in [5.41, 5.74) is -0.792. The van der Waals surface area contributed by atoms with Crippen molar-refractivity contribution in [1.82, 2.24) is 9.78 Å². The Labute approximate surface area is 122 Å². The third-order valence-electron chi connectivity index (χ3n) is 2.87. The number of aromatic carboxylic acids is 1. The van der Waals surface area contributed by atoms with E-state index in [4.69, 9.17) is 16.7 Å². The lowest BCUT2D eigenvalue weighted by atomic mass is 10.2. The largest absolute Gasteiger partial charge is 0.478 e. The number of halogens is 4. The van der Waals surface area contributed by atoms with E-state index in [-0.39, 0.29) is 22.1 Å². The van der Waals surface area contributed by atoms with Crippen LogP contribution >= 0.6 is 11.6 Å². The number of benzene rings is 1. The molecule has 0 aliphatic rings. The van der Waals surface area contributed by atoms with Crippen molar-refractivity contribution in [3.8, 4) is 5.69 Å². The predicted octanol–water partition coefficient (Wildman–Crippen LogP) is 3.81. The number of carbonyl (C=O) groups is 1. The highest BCUT2D eigenvalue weighted by atomic mass is 35.5. The van der Waals surface area contributed by atoms with Gasteiger partial charge >= 0.3 is 12.1 Å². The van der Waals surface area contributed by atoms with Gasteiger partial charge in [-0.15, -0.1) is 0 Å². The van der Waals surface area contributed by atoms with Gasteiger partial charge in [0.2, 0.25) is 0 Å². The molecule has 0 saturated heterocycles. The van der Waals surface area contributed by atoms with Crippen LogP contribution in [-0.4, -0.2) is 20.9 Å². The molecule has 0 aliphatic heterocycles. The van der Waals surface area contributed by atoms with Gasteiger partial charge in [-0.2, -0.15) is 18.3 Å². The maximum atomic E-state index is 12.7. The third kappa shape index (κ3) is 2.87. The maximum absolute atomic E-state index is 12.7. The van der Waals surface area contributed by atoms with Crippen LogP contribution in [0.3, 0.4) is 0 Å². The van der Waals surface area contributed by atoms with Crippen molar-refractivity contribution in [3.05, 3.63) is 46.2 Å². The Balaban J connectivity index is 2.60. The Morgan fingerprint density at radius 1 is 1.43 bits per heavy atom. The van der Waals surface area contributed by atoms with Crippen molar-refractivity contribution >= 4 is 17.6 Å². The quantitative estimate of drug-likeness (QED) is 0.936. The smallest absolute Gasteiger partial charge is 0.416 e. The first-order valence-electron chi connectivity index (χ1n) is 5.94. The lowest BCUT2D eigenvalue weighted by Crippen LogP contribution is -2.06. The number of hydrogen-bond acceptors (Lipinski definition) is 2. The van der Waals surface area contributed by atoms with Crippen LogP contribution in [0.1, 0.15) is 28.5 Å². The number of nitrogens with zero attached hydrogens (tertiary/aromatic N) is 2. The zero-order chi connectivity index (χ0) is 15.8. The zero-order valence-corrected chi connectivity index (χ0v) is 11.5. The molecule has 21 heavy (non-hydrogen) atoms. The average Bonchev–Trinajstić information content (AvgIpc) is 2.75. The van der Waals surface area contributed by atoms with Crippen LogP contribution in [0.15, 0.2) is 24.3 Å². The fourth-order valence-corrected chi connectivity index (χ4v) is 2.21. The Morgan fingerprint density at radius 3 is 2.57 bits per heavy atom. The molecule has 1 aromatic carbocycles. The van der Waals surface area contributed by atoms with E-state index in [9.17, 15) is 18.0 Å². The van der Waals surface area contributed by atoms with Crippen molar-refractivity contribution in [2.24, 2.45) is 0 Å². The molecule has 0 radical (unpaired) electrons. The maximum Gasteiger partial charge on any atom is 0.416 e. The van der Waals surface area contributed by atoms with Gasteiger partial charge in [0.15, 0.2) is 0 Å². The van der Waals surface area contributed by atoms with E-state index >= 15 is 0 Å². The second kappa shape index (κ2) is 5.40. The number of hydrogen-bond donors (Lipinski definition) is 1. The van der Waals surface area contributed by atoms with E-state index in [1.54, 1.807) is 6.92 Å². The minimum absolute atomic E-state index is 0.0528. The van der Waals surface area contributed by atoms with E-state index in [1.165, 1.54) is 12.1 Å². The highest BCUT2D eigenvalue weighted by Gasteiger charge is 2.31. The molecule has 0 spiro atoms. The molecule has 0 unspecified atom stereocenters. The number of aryl methyl sites for hydroxylation is 1. The first-order chi connectivity index (χ1) is 9.75. The number of alkyl halides is 3. The number of carboxylic acid groups (broad SMARTS) is 1. The molecular weight excluding hydrogens is 309 g/mol. The molecule has 0 amide bonds. The fraction of sp³-hybridized carbons (Fsp3) is 0.231. The molecule has 4 nitrogen and oxygen atoms in total. The van der Waals surface area contributed by atoms with Gasteiger partial charge in [0, 0.05) is 0 Å². The number of carboxylic acids is 1. The van der Waals surface area contributed by atoms with E-state index < -0.39 is 17.7 Å². The Bertz CT molecular complexity index is 695. The highest BCUT2D eigenvalue weighted by Crippen LogP contribution is 2.31. The standard InChI is InChI=1S/C13H10ClF3N2O2/c1-2-9-10(12(20)21)11(14)19(18-9)8-5-3-4-7(6-8)13(15,16)17/h3-6H,2H2,1H3,(H,20,21). The Hall–Kier alpha value is -2.02. The number of aromatic nitrogens is 2. The molecule has 1 N–H and O–H groups in total. The molecule has 8 heteroatoms. The summed E-state index contributed by atoms with van der Waals surface area (Å²) < 4.78 is 39.1. The van der Waals surface area contributed by atoms with Crippen molar-refractivity contribution in [1.29, 1.82) is 0 Å². The first-order valence-corrected chi connectivity index (χ1v) is 6.31. The summed E-state index contributed by atoms with van der Waals surface area (Å²) in [6.07, 6.45) is -4.20. The lowest BCUT2D eigenvalue weighted by Gasteiger charge is -2.09. The molecular formula is C13H10ClF3N2O2. The van der Waals surface area contributed by atoms with Gasteiger partial charge in [0.05, 0.1) is 16.9 Å². The molecule has 0 aliphatic carbocycles. The third-order valence-corrected chi connectivity index (χ3v) is 3.22. The molecule has 2 aromatic rings. The SMILES string of the molecule is CCc1nn(-c2cccc(C(F)(F)F)c2)c(Cl)c1C(=O)O. The monoisotopic (exact) mass is 318 g/mol. The van der Waals surface area contributed by atoms with Gasteiger partial charge in [-0.25, -0.2) is 9.48 Å². The van der Waals surface area contributed by atoms with Gasteiger partial charge < -0.3 is 5.11 Å². The zero-order valence-electron chi connectivity index (χ0n) is 10.8. The van der Waals surface area contributed by atoms with E-state index in [0.29, 0.717) is 6.42 Å². The Kier molecular flexibility index (Phi) is 3.95. The van der Waals surface area contributed by atoms with Crippen molar-refractivity contribution in [3.63, 3.8) is 0 Å². The Morgan fingerprint density at radius 2 is 2.10 bits per heavy atom. The molecule has 112 valence electrons. The van der Waals surface area contributed by atoms with Gasteiger partial charge in [0.1, 0.15) is 10.7 Å². The summed E-state index contributed by atoms with van der Waals surface area (Å²) in [5.74, 6) is -1.27. The topological polar surface area (TPSA) is 55.1 Å². The second-order valence-electron chi connectivity index (χ2n) is 4.23. The van der Waals surface area contributed by atoms with Gasteiger partial charge in [-0.3, -0.25) is 0 Å². The normalized spacial score (nSPS) is 11.7. The minimum atomic E-state index is -4.50. The van der Waals surface area contributed by atoms with Crippen LogP contribution in [0.25, 0.3) is 5.69 Å². The van der Waals surface area contributed by atoms with Crippen LogP contribution in [-0.2, 0) is 12.6 Å². The molecule has 0 saturated carbocycles. The highest BCUT2D eigenvalue weighted by molar-refractivity contribution is 6.32. The van der Waals surface area contributed by atoms with E-state index in [2.05, 4.69) is 5.10 Å². The first kappa shape index (κ1) is 15.4. The van der Waals surface area contributed by atoms with Crippen LogP contribution < -0.4 is 0 Å². The van der Waals surface area contributed by atoms with Crippen LogP contribution in [0.4, 0.5) is 13.2 Å². The van der Waals surface area contributed by atoms with Crippen molar-refractivity contribution in [2.75, 3.05) is 0 Å². The fourth-order valence-electron chi connectivity index (χ4n) is 1.88. The summed E-state index contributed by atoms with van der Waals surface area (Å²) in [6, 6.07) is 4.37. The summed E-state index contributed by atoms with van der Waals surface area (Å²) in [7, 11) is 0. The lowest BCUT2D eigenvalue weighted by molar-refractivity contribution is -0.137. The summed E-state index contributed by atoms with van der Waals surface area (Å²) in [4.78, 5) is 11.2. The van der Waals surface area contributed by atoms with Crippen LogP contribution in [0.5, 0.6) is 0 Å². The number of rotatable bonds is 3. The van der Waals surface area contributed by atoms with Gasteiger partial charge in [0.25, 0.3) is 0 Å². The van der Waals surface area contributed by atoms with Crippen LogP contribution in [0.2, 0.25) is 5.15 Å². The van der Waals surface area contributed by atoms with Crippen LogP contribution in [0, 0.1) is 0 Å². The summed E-state index contributed by atoms with van der Waals surface area (Å²) in [5, 5.41) is 12.9. The minimum Gasteiger partial charge on any atom is -0.478 e. The molecule has 1 aromatic heterocycles. The van der Waals surface area contributed by atoms with E-state index in [1.807, 2.05) is 0 Å². The van der Waals surface area contributed by atoms with Gasteiger partial charge in [-0.05, 0) is 24.6 Å². The van der Waals surface area contributed by atoms with Crippen molar-refractivity contribution < 1.29 is 23.1 Å². The predicted molar refractivity (Wildman–Crippen MR) is 69.9 cm³/mol. The average molecular weight is 319 g/mol. The molecule has 2 rings (SSSR count). The van der Waals surface area contributed by atoms with Gasteiger partial charge in [-0.1, -0.05) is 24.6 Å². The van der Waals surface area contributed by atoms with E-state index in [0.717, 1.165) is 16.8 Å². The van der Waals surface area contributed by atoms with Crippen molar-refractivity contribution in [2.45, 2.75) is 19.5 Å². The molecule has 0 bridgehead atoms. The summed E-state index contributed by atoms with van der Waals surface area (Å²) >= 11 is 5.94. The molecule has 0 atom stereocenters. The second-order valence-corrected chi connectivity index (χ2v) is 4.59.